The quantitative estimate of drug-likeness (QED) is 0.181. The van der Waals surface area contributed by atoms with Crippen molar-refractivity contribution in [2.75, 3.05) is 12.9 Å². The Bertz CT molecular complexity index is 1690. The molecule has 5 rings (SSSR count). The van der Waals surface area contributed by atoms with Crippen molar-refractivity contribution in [2.24, 2.45) is 0 Å². The molecule has 5 aromatic carbocycles. The zero-order chi connectivity index (χ0) is 27.2. The van der Waals surface area contributed by atoms with Crippen LogP contribution in [0.2, 0.25) is 0 Å². The fourth-order valence-electron chi connectivity index (χ4n) is 4.18. The van der Waals surface area contributed by atoms with Crippen molar-refractivity contribution in [2.45, 2.75) is 11.5 Å². The molecule has 0 aliphatic heterocycles. The Morgan fingerprint density at radius 1 is 0.718 bits per heavy atom. The fourth-order valence-corrected chi connectivity index (χ4v) is 4.81. The zero-order valence-corrected chi connectivity index (χ0v) is 22.1. The highest BCUT2D eigenvalue weighted by atomic mass is 32.2. The van der Waals surface area contributed by atoms with Crippen LogP contribution >= 0.6 is 0 Å². The lowest BCUT2D eigenvalue weighted by molar-refractivity contribution is -0.109. The lowest BCUT2D eigenvalue weighted by Gasteiger charge is -2.16. The molecule has 0 amide bonds. The van der Waals surface area contributed by atoms with Gasteiger partial charge < -0.3 is 14.2 Å². The van der Waals surface area contributed by atoms with Gasteiger partial charge in [-0.2, -0.15) is 0 Å². The minimum atomic E-state index is -3.32. The molecule has 0 N–H and O–H groups in total. The third-order valence-corrected chi connectivity index (χ3v) is 7.27. The van der Waals surface area contributed by atoms with E-state index in [2.05, 4.69) is 0 Å². The SMILES string of the molecule is CS(=O)(=O)c1ccc(-c2ccc3cc(OCc4ccccc4)ccc3c2Oc2ccc(OCC=O)cc2)cc1. The molecule has 0 saturated carbocycles. The van der Waals surface area contributed by atoms with Crippen LogP contribution in [-0.4, -0.2) is 27.6 Å². The smallest absolute Gasteiger partial charge is 0.175 e. The van der Waals surface area contributed by atoms with Crippen LogP contribution in [0.3, 0.4) is 0 Å². The van der Waals surface area contributed by atoms with Gasteiger partial charge in [-0.05, 0) is 77.2 Å². The summed E-state index contributed by atoms with van der Waals surface area (Å²) in [5.74, 6) is 2.50. The minimum absolute atomic E-state index is 0.0220. The average molecular weight is 539 g/mol. The molecule has 0 aliphatic rings. The summed E-state index contributed by atoms with van der Waals surface area (Å²) in [4.78, 5) is 10.9. The molecule has 0 spiro atoms. The molecule has 0 fully saturated rings. The maximum absolute atomic E-state index is 12.0. The highest BCUT2D eigenvalue weighted by molar-refractivity contribution is 7.90. The third-order valence-electron chi connectivity index (χ3n) is 6.15. The molecule has 0 heterocycles. The van der Waals surface area contributed by atoms with Crippen LogP contribution < -0.4 is 14.2 Å². The number of fused-ring (bicyclic) bond motifs is 1. The molecular weight excluding hydrogens is 512 g/mol. The number of rotatable bonds is 10. The first-order valence-electron chi connectivity index (χ1n) is 12.3. The normalized spacial score (nSPS) is 11.2. The van der Waals surface area contributed by atoms with Crippen molar-refractivity contribution in [3.8, 4) is 34.1 Å². The Labute approximate surface area is 227 Å². The van der Waals surface area contributed by atoms with Crippen molar-refractivity contribution in [3.63, 3.8) is 0 Å². The lowest BCUT2D eigenvalue weighted by atomic mass is 9.99. The molecular formula is C32H26O6S. The van der Waals surface area contributed by atoms with E-state index in [1.54, 1.807) is 48.5 Å². The predicted molar refractivity (Wildman–Crippen MR) is 151 cm³/mol. The van der Waals surface area contributed by atoms with Gasteiger partial charge in [0, 0.05) is 17.2 Å². The van der Waals surface area contributed by atoms with Crippen LogP contribution in [0.4, 0.5) is 0 Å². The largest absolute Gasteiger partial charge is 0.489 e. The van der Waals surface area contributed by atoms with Crippen molar-refractivity contribution in [1.29, 1.82) is 0 Å². The van der Waals surface area contributed by atoms with E-state index < -0.39 is 9.84 Å². The molecule has 7 heteroatoms. The molecule has 0 bridgehead atoms. The Kier molecular flexibility index (Phi) is 7.61. The summed E-state index contributed by atoms with van der Waals surface area (Å²) in [5, 5.41) is 1.80. The number of benzene rings is 5. The van der Waals surface area contributed by atoms with Gasteiger partial charge in [0.25, 0.3) is 0 Å². The van der Waals surface area contributed by atoms with E-state index in [1.807, 2.05) is 60.7 Å². The van der Waals surface area contributed by atoms with E-state index >= 15 is 0 Å². The van der Waals surface area contributed by atoms with Crippen LogP contribution in [0.1, 0.15) is 5.56 Å². The first kappa shape index (κ1) is 26.0. The number of carbonyl (C=O) groups is 1. The Morgan fingerprint density at radius 3 is 2.10 bits per heavy atom. The molecule has 6 nitrogen and oxygen atoms in total. The molecule has 5 aromatic rings. The Balaban J connectivity index is 1.52. The van der Waals surface area contributed by atoms with Crippen molar-refractivity contribution >= 4 is 26.9 Å². The van der Waals surface area contributed by atoms with E-state index in [9.17, 15) is 13.2 Å². The van der Waals surface area contributed by atoms with Crippen LogP contribution in [0, 0.1) is 0 Å². The molecule has 0 atom stereocenters. The standard InChI is InChI=1S/C32H26O6S/c1-39(34,35)29-15-7-24(8-16-29)30-17-9-25-21-28(37-22-23-5-3-2-4-6-23)14-18-31(25)32(30)38-27-12-10-26(11-13-27)36-20-19-33/h2-19,21H,20,22H2,1H3. The molecule has 196 valence electrons. The molecule has 0 saturated heterocycles. The van der Waals surface area contributed by atoms with E-state index in [1.165, 1.54) is 6.26 Å². The number of hydrogen-bond acceptors (Lipinski definition) is 6. The highest BCUT2D eigenvalue weighted by Gasteiger charge is 2.15. The summed E-state index contributed by atoms with van der Waals surface area (Å²) in [7, 11) is -3.32. The second-order valence-electron chi connectivity index (χ2n) is 8.95. The number of sulfone groups is 1. The monoisotopic (exact) mass is 538 g/mol. The molecule has 0 aliphatic carbocycles. The van der Waals surface area contributed by atoms with E-state index in [4.69, 9.17) is 14.2 Å². The van der Waals surface area contributed by atoms with Crippen molar-refractivity contribution in [3.05, 3.63) is 115 Å². The van der Waals surface area contributed by atoms with Crippen molar-refractivity contribution in [1.82, 2.24) is 0 Å². The van der Waals surface area contributed by atoms with E-state index in [0.717, 1.165) is 33.2 Å². The summed E-state index contributed by atoms with van der Waals surface area (Å²) < 4.78 is 41.7. The van der Waals surface area contributed by atoms with Gasteiger partial charge in [0.1, 0.15) is 36.2 Å². The molecule has 0 aromatic heterocycles. The first-order chi connectivity index (χ1) is 18.9. The average Bonchev–Trinajstić information content (AvgIpc) is 2.96. The summed E-state index contributed by atoms with van der Waals surface area (Å²) in [5.41, 5.74) is 2.70. The van der Waals surface area contributed by atoms with E-state index in [0.29, 0.717) is 30.1 Å². The van der Waals surface area contributed by atoms with E-state index in [-0.39, 0.29) is 11.5 Å². The molecule has 0 unspecified atom stereocenters. The van der Waals surface area contributed by atoms with Gasteiger partial charge in [-0.25, -0.2) is 8.42 Å². The Morgan fingerprint density at radius 2 is 1.41 bits per heavy atom. The number of hydrogen-bond donors (Lipinski definition) is 0. The van der Waals surface area contributed by atoms with Gasteiger partial charge in [0.2, 0.25) is 0 Å². The molecule has 0 radical (unpaired) electrons. The maximum Gasteiger partial charge on any atom is 0.175 e. The topological polar surface area (TPSA) is 78.9 Å². The van der Waals surface area contributed by atoms with Crippen LogP contribution in [0.25, 0.3) is 21.9 Å². The summed E-state index contributed by atoms with van der Waals surface area (Å²) in [6, 6.07) is 33.5. The number of carbonyl (C=O) groups excluding carboxylic acids is 1. The van der Waals surface area contributed by atoms with Gasteiger partial charge in [0.05, 0.1) is 4.90 Å². The van der Waals surface area contributed by atoms with Crippen LogP contribution in [0.15, 0.2) is 114 Å². The second kappa shape index (κ2) is 11.4. The summed E-state index contributed by atoms with van der Waals surface area (Å²) in [6.07, 6.45) is 1.88. The second-order valence-corrected chi connectivity index (χ2v) is 11.0. The molecule has 39 heavy (non-hydrogen) atoms. The Hall–Kier alpha value is -4.62. The van der Waals surface area contributed by atoms with Gasteiger partial charge in [-0.3, -0.25) is 4.79 Å². The van der Waals surface area contributed by atoms with Gasteiger partial charge in [-0.1, -0.05) is 48.5 Å². The number of ether oxygens (including phenoxy) is 3. The lowest BCUT2D eigenvalue weighted by Crippen LogP contribution is -1.98. The number of aldehydes is 1. The summed E-state index contributed by atoms with van der Waals surface area (Å²) >= 11 is 0. The third kappa shape index (κ3) is 6.27. The zero-order valence-electron chi connectivity index (χ0n) is 21.2. The maximum atomic E-state index is 12.0. The minimum Gasteiger partial charge on any atom is -0.489 e. The van der Waals surface area contributed by atoms with Gasteiger partial charge in [-0.15, -0.1) is 0 Å². The van der Waals surface area contributed by atoms with Gasteiger partial charge >= 0.3 is 0 Å². The van der Waals surface area contributed by atoms with Crippen LogP contribution in [-0.2, 0) is 21.2 Å². The first-order valence-corrected chi connectivity index (χ1v) is 14.2. The van der Waals surface area contributed by atoms with Crippen LogP contribution in [0.5, 0.6) is 23.0 Å². The fraction of sp³-hybridized carbons (Fsp3) is 0.0938. The predicted octanol–water partition coefficient (Wildman–Crippen LogP) is 6.86. The van der Waals surface area contributed by atoms with Crippen molar-refractivity contribution < 1.29 is 27.4 Å². The highest BCUT2D eigenvalue weighted by Crippen LogP contribution is 2.41. The summed E-state index contributed by atoms with van der Waals surface area (Å²) in [6.45, 7) is 0.435. The van der Waals surface area contributed by atoms with Gasteiger partial charge in [0.15, 0.2) is 16.1 Å².